The molecule has 0 nitrogen and oxygen atoms in total. The van der Waals surface area contributed by atoms with Crippen molar-refractivity contribution in [1.29, 1.82) is 0 Å². The van der Waals surface area contributed by atoms with Gasteiger partial charge in [0.2, 0.25) is 0 Å². The molecule has 0 aromatic heterocycles. The van der Waals surface area contributed by atoms with E-state index in [1.807, 2.05) is 6.92 Å². The zero-order chi connectivity index (χ0) is 6.53. The molecule has 1 radical (unpaired) electrons. The van der Waals surface area contributed by atoms with Gasteiger partial charge in [-0.15, -0.1) is 5.92 Å². The molecule has 0 aliphatic heterocycles. The molecule has 47 valence electrons. The van der Waals surface area contributed by atoms with E-state index in [9.17, 15) is 0 Å². The summed E-state index contributed by atoms with van der Waals surface area (Å²) in [6, 6.07) is 0. The van der Waals surface area contributed by atoms with Crippen LogP contribution in [0.2, 0.25) is 0 Å². The average Bonchev–Trinajstić information content (AvgIpc) is 1.91. The highest BCUT2D eigenvalue weighted by atomic mass is 14.0. The highest BCUT2D eigenvalue weighted by molar-refractivity contribution is 5.31. The number of hydrogen-bond donors (Lipinski definition) is 0. The van der Waals surface area contributed by atoms with Crippen LogP contribution >= 0.6 is 0 Å². The van der Waals surface area contributed by atoms with Crippen molar-refractivity contribution in [3.05, 3.63) is 18.1 Å². The van der Waals surface area contributed by atoms with Gasteiger partial charge in [-0.25, -0.2) is 0 Å². The number of hydrogen-bond acceptors (Lipinski definition) is 0. The van der Waals surface area contributed by atoms with Crippen LogP contribution in [0.5, 0.6) is 0 Å². The first-order valence-corrected chi connectivity index (χ1v) is 3.38. The molecule has 0 saturated heterocycles. The molecular weight excluding hydrogens is 108 g/mol. The second kappa shape index (κ2) is 3.35. The zero-order valence-corrected chi connectivity index (χ0v) is 5.78. The quantitative estimate of drug-likeness (QED) is 0.429. The van der Waals surface area contributed by atoms with Crippen molar-refractivity contribution in [2.45, 2.75) is 26.2 Å². The second-order valence-corrected chi connectivity index (χ2v) is 2.19. The smallest absolute Gasteiger partial charge is 0.00167 e. The van der Waals surface area contributed by atoms with Crippen LogP contribution in [0.4, 0.5) is 0 Å². The molecule has 0 fully saturated rings. The first kappa shape index (κ1) is 6.42. The number of allylic oxidation sites excluding steroid dienone is 2. The molecule has 1 aliphatic carbocycles. The predicted octanol–water partition coefficient (Wildman–Crippen LogP) is 2.32. The van der Waals surface area contributed by atoms with E-state index in [0.717, 1.165) is 0 Å². The van der Waals surface area contributed by atoms with Gasteiger partial charge in [0.1, 0.15) is 0 Å². The van der Waals surface area contributed by atoms with Crippen LogP contribution in [0.1, 0.15) is 26.2 Å². The van der Waals surface area contributed by atoms with E-state index in [-0.39, 0.29) is 0 Å². The summed E-state index contributed by atoms with van der Waals surface area (Å²) in [5.74, 6) is 5.96. The Balaban J connectivity index is 2.53. The first-order chi connectivity index (χ1) is 4.43. The van der Waals surface area contributed by atoms with Crippen LogP contribution in [0, 0.1) is 18.3 Å². The topological polar surface area (TPSA) is 0 Å². The molecule has 0 saturated carbocycles. The van der Waals surface area contributed by atoms with Gasteiger partial charge in [-0.05, 0) is 38.2 Å². The minimum atomic E-state index is 1.18. The lowest BCUT2D eigenvalue weighted by molar-refractivity contribution is 0.798. The van der Waals surface area contributed by atoms with Crippen molar-refractivity contribution in [2.75, 3.05) is 0 Å². The normalized spacial score (nSPS) is 17.7. The Labute approximate surface area is 57.0 Å². The van der Waals surface area contributed by atoms with Gasteiger partial charge < -0.3 is 0 Å². The maximum Gasteiger partial charge on any atom is -0.00167 e. The fourth-order valence-corrected chi connectivity index (χ4v) is 0.984. The van der Waals surface area contributed by atoms with Crippen molar-refractivity contribution in [3.63, 3.8) is 0 Å². The van der Waals surface area contributed by atoms with E-state index in [2.05, 4.69) is 24.3 Å². The number of rotatable bonds is 0. The highest BCUT2D eigenvalue weighted by Crippen LogP contribution is 2.14. The molecule has 0 bridgehead atoms. The third-order valence-corrected chi connectivity index (χ3v) is 1.42. The Morgan fingerprint density at radius 2 is 2.44 bits per heavy atom. The van der Waals surface area contributed by atoms with Crippen molar-refractivity contribution in [1.82, 2.24) is 0 Å². The summed E-state index contributed by atoms with van der Waals surface area (Å²) in [4.78, 5) is 0. The van der Waals surface area contributed by atoms with Gasteiger partial charge >= 0.3 is 0 Å². The highest BCUT2D eigenvalue weighted by Gasteiger charge is 1.98. The van der Waals surface area contributed by atoms with Gasteiger partial charge in [-0.2, -0.15) is 0 Å². The maximum atomic E-state index is 3.06. The molecule has 0 spiro atoms. The molecule has 0 heteroatoms. The minimum absolute atomic E-state index is 1.18. The van der Waals surface area contributed by atoms with Gasteiger partial charge in [-0.3, -0.25) is 0 Å². The van der Waals surface area contributed by atoms with Crippen LogP contribution in [-0.2, 0) is 0 Å². The van der Waals surface area contributed by atoms with Crippen molar-refractivity contribution in [3.8, 4) is 11.8 Å². The van der Waals surface area contributed by atoms with Crippen LogP contribution in [0.15, 0.2) is 11.6 Å². The molecule has 0 aromatic carbocycles. The summed E-state index contributed by atoms with van der Waals surface area (Å²) in [7, 11) is 0. The SMILES string of the molecule is CC#CC1=C[CH]CCC1. The lowest BCUT2D eigenvalue weighted by atomic mass is 10.0. The Morgan fingerprint density at radius 3 is 3.00 bits per heavy atom. The van der Waals surface area contributed by atoms with Crippen molar-refractivity contribution < 1.29 is 0 Å². The third kappa shape index (κ3) is 1.93. The first-order valence-electron chi connectivity index (χ1n) is 3.38. The predicted molar refractivity (Wildman–Crippen MR) is 39.7 cm³/mol. The van der Waals surface area contributed by atoms with Crippen LogP contribution in [0.25, 0.3) is 0 Å². The van der Waals surface area contributed by atoms with E-state index < -0.39 is 0 Å². The molecule has 9 heavy (non-hydrogen) atoms. The summed E-state index contributed by atoms with van der Waals surface area (Å²) < 4.78 is 0. The Kier molecular flexibility index (Phi) is 2.39. The monoisotopic (exact) mass is 119 g/mol. The minimum Gasteiger partial charge on any atom is -0.102 e. The molecule has 0 aromatic rings. The van der Waals surface area contributed by atoms with Gasteiger partial charge in [0.15, 0.2) is 0 Å². The lowest BCUT2D eigenvalue weighted by Crippen LogP contribution is -1.88. The Hall–Kier alpha value is -0.700. The standard InChI is InChI=1S/C9H11/c1-2-6-9-7-4-3-5-8-9/h4,7H,3,5,8H2,1H3. The van der Waals surface area contributed by atoms with Gasteiger partial charge in [0.05, 0.1) is 0 Å². The molecule has 1 aliphatic rings. The Morgan fingerprint density at radius 1 is 1.56 bits per heavy atom. The van der Waals surface area contributed by atoms with Crippen molar-refractivity contribution >= 4 is 0 Å². The fraction of sp³-hybridized carbons (Fsp3) is 0.444. The van der Waals surface area contributed by atoms with E-state index in [1.54, 1.807) is 0 Å². The molecular formula is C9H11. The summed E-state index contributed by atoms with van der Waals surface area (Å²) >= 11 is 0. The van der Waals surface area contributed by atoms with E-state index >= 15 is 0 Å². The summed E-state index contributed by atoms with van der Waals surface area (Å²) in [5.41, 5.74) is 1.30. The average molecular weight is 119 g/mol. The van der Waals surface area contributed by atoms with E-state index in [0.29, 0.717) is 0 Å². The van der Waals surface area contributed by atoms with Gasteiger partial charge in [0.25, 0.3) is 0 Å². The fourth-order valence-electron chi connectivity index (χ4n) is 0.984. The second-order valence-electron chi connectivity index (χ2n) is 2.19. The molecule has 0 amide bonds. The molecule has 0 atom stereocenters. The summed E-state index contributed by atoms with van der Waals surface area (Å²) in [6.07, 6.45) is 8.02. The Bertz CT molecular complexity index is 164. The van der Waals surface area contributed by atoms with Crippen molar-refractivity contribution in [2.24, 2.45) is 0 Å². The van der Waals surface area contributed by atoms with Crippen LogP contribution in [0.3, 0.4) is 0 Å². The third-order valence-electron chi connectivity index (χ3n) is 1.42. The van der Waals surface area contributed by atoms with Crippen LogP contribution < -0.4 is 0 Å². The lowest BCUT2D eigenvalue weighted by Gasteiger charge is -2.04. The maximum absolute atomic E-state index is 3.06. The largest absolute Gasteiger partial charge is 0.102 e. The van der Waals surface area contributed by atoms with Gasteiger partial charge in [-0.1, -0.05) is 12.0 Å². The molecule has 1 rings (SSSR count). The van der Waals surface area contributed by atoms with Gasteiger partial charge in [0, 0.05) is 0 Å². The van der Waals surface area contributed by atoms with Crippen LogP contribution in [-0.4, -0.2) is 0 Å². The molecule has 0 unspecified atom stereocenters. The zero-order valence-electron chi connectivity index (χ0n) is 5.78. The summed E-state index contributed by atoms with van der Waals surface area (Å²) in [6.45, 7) is 1.88. The summed E-state index contributed by atoms with van der Waals surface area (Å²) in [5, 5.41) is 0. The molecule has 0 heterocycles. The molecule has 0 N–H and O–H groups in total. The van der Waals surface area contributed by atoms with E-state index in [4.69, 9.17) is 0 Å². The van der Waals surface area contributed by atoms with E-state index in [1.165, 1.54) is 24.8 Å².